The van der Waals surface area contributed by atoms with Crippen LogP contribution in [0.3, 0.4) is 0 Å². The second kappa shape index (κ2) is 22.3. The number of benzene rings is 3. The maximum atomic E-state index is 13.3. The number of imide groups is 3. The fourth-order valence-corrected chi connectivity index (χ4v) is 9.87. The first-order valence-corrected chi connectivity index (χ1v) is 23.7. The molecule has 5 aliphatic rings. The molecule has 9 rings (SSSR count). The quantitative estimate of drug-likeness (QED) is 0.0423. The predicted octanol–water partition coefficient (Wildman–Crippen LogP) is 3.48. The van der Waals surface area contributed by atoms with E-state index in [1.165, 1.54) is 4.90 Å². The molecule has 3 fully saturated rings. The minimum atomic E-state index is -1.02. The summed E-state index contributed by atoms with van der Waals surface area (Å²) in [6.07, 6.45) is 6.87. The first kappa shape index (κ1) is 48.3. The molecule has 70 heavy (non-hydrogen) atoms. The lowest BCUT2D eigenvalue weighted by molar-refractivity contribution is -0.136. The van der Waals surface area contributed by atoms with E-state index in [0.29, 0.717) is 114 Å². The summed E-state index contributed by atoms with van der Waals surface area (Å²) in [6.45, 7) is 5.59. The Balaban J connectivity index is 0.584. The highest BCUT2D eigenvalue weighted by Gasteiger charge is 2.59. The van der Waals surface area contributed by atoms with Gasteiger partial charge in [-0.3, -0.25) is 53.7 Å². The van der Waals surface area contributed by atoms with Crippen molar-refractivity contribution in [2.75, 3.05) is 94.7 Å². The molecule has 19 nitrogen and oxygen atoms in total. The molecule has 0 spiro atoms. The molecule has 3 aromatic carbocycles. The molecule has 2 aliphatic carbocycles. The largest absolute Gasteiger partial charge is 0.382 e. The van der Waals surface area contributed by atoms with E-state index in [1.807, 2.05) is 18.2 Å². The second-order valence-electron chi connectivity index (χ2n) is 17.5. The number of nitrogens with one attached hydrogen (secondary N) is 4. The zero-order valence-corrected chi connectivity index (χ0v) is 38.5. The number of pyridine rings is 1. The van der Waals surface area contributed by atoms with Crippen LogP contribution in [0.15, 0.2) is 85.1 Å². The van der Waals surface area contributed by atoms with Crippen LogP contribution < -0.4 is 26.2 Å². The van der Waals surface area contributed by atoms with Gasteiger partial charge in [-0.25, -0.2) is 0 Å². The van der Waals surface area contributed by atoms with E-state index in [0.717, 1.165) is 22.3 Å². The topological polar surface area (TPSA) is 233 Å². The highest BCUT2D eigenvalue weighted by atomic mass is 16.6. The zero-order valence-electron chi connectivity index (χ0n) is 38.5. The Kier molecular flexibility index (Phi) is 15.4. The number of anilines is 3. The predicted molar refractivity (Wildman–Crippen MR) is 254 cm³/mol. The lowest BCUT2D eigenvalue weighted by atomic mass is 9.85. The maximum absolute atomic E-state index is 13.3. The maximum Gasteiger partial charge on any atom is 0.264 e. The molecule has 4 aromatic rings. The van der Waals surface area contributed by atoms with Crippen LogP contribution in [0.2, 0.25) is 0 Å². The number of carbonyl (C=O) groups excluding carboxylic acids is 7. The molecule has 0 radical (unpaired) electrons. The number of aromatic nitrogens is 1. The van der Waals surface area contributed by atoms with Crippen LogP contribution in [-0.2, 0) is 49.4 Å². The van der Waals surface area contributed by atoms with Gasteiger partial charge < -0.3 is 39.6 Å². The van der Waals surface area contributed by atoms with Crippen LogP contribution in [0.5, 0.6) is 0 Å². The Morgan fingerprint density at radius 3 is 1.96 bits per heavy atom. The summed E-state index contributed by atoms with van der Waals surface area (Å²) in [7, 11) is 0. The molecule has 2 saturated heterocycles. The van der Waals surface area contributed by atoms with Crippen LogP contribution in [0.4, 0.5) is 17.1 Å². The smallest absolute Gasteiger partial charge is 0.264 e. The Morgan fingerprint density at radius 2 is 1.30 bits per heavy atom. The van der Waals surface area contributed by atoms with Crippen LogP contribution in [0, 0.1) is 23.7 Å². The number of amides is 7. The fourth-order valence-electron chi connectivity index (χ4n) is 9.87. The summed E-state index contributed by atoms with van der Waals surface area (Å²) < 4.78 is 28.1. The van der Waals surface area contributed by atoms with Crippen molar-refractivity contribution in [3.8, 4) is 0 Å². The van der Waals surface area contributed by atoms with E-state index >= 15 is 0 Å². The van der Waals surface area contributed by atoms with Crippen molar-refractivity contribution in [1.82, 2.24) is 20.5 Å². The first-order chi connectivity index (χ1) is 34.2. The third-order valence-electron chi connectivity index (χ3n) is 13.2. The average Bonchev–Trinajstić information content (AvgIpc) is 4.12. The number of hydrogen-bond donors (Lipinski definition) is 4. The molecule has 19 heteroatoms. The Hall–Kier alpha value is -6.74. The van der Waals surface area contributed by atoms with Gasteiger partial charge in [-0.1, -0.05) is 30.4 Å². The Labute approximate surface area is 403 Å². The number of carbonyl (C=O) groups is 7. The summed E-state index contributed by atoms with van der Waals surface area (Å²) in [5.74, 6) is -3.14. The van der Waals surface area contributed by atoms with Crippen molar-refractivity contribution < 1.29 is 57.2 Å². The highest BCUT2D eigenvalue weighted by Crippen LogP contribution is 2.53. The Morgan fingerprint density at radius 1 is 0.686 bits per heavy atom. The number of fused-ring (bicyclic) bond motifs is 7. The van der Waals surface area contributed by atoms with E-state index in [1.54, 1.807) is 54.7 Å². The summed E-state index contributed by atoms with van der Waals surface area (Å²) in [5, 5.41) is 12.6. The van der Waals surface area contributed by atoms with Gasteiger partial charge in [0.2, 0.25) is 23.6 Å². The highest BCUT2D eigenvalue weighted by molar-refractivity contribution is 6.26. The number of para-hydroxylation sites is 1. The van der Waals surface area contributed by atoms with E-state index in [9.17, 15) is 33.6 Å². The van der Waals surface area contributed by atoms with Crippen LogP contribution in [-0.4, -0.2) is 136 Å². The molecule has 7 amide bonds. The van der Waals surface area contributed by atoms with Gasteiger partial charge in [0, 0.05) is 48.9 Å². The lowest BCUT2D eigenvalue weighted by Gasteiger charge is -2.27. The number of rotatable bonds is 25. The molecule has 1 saturated carbocycles. The van der Waals surface area contributed by atoms with Gasteiger partial charge in [0.1, 0.15) is 6.04 Å². The van der Waals surface area contributed by atoms with Crippen molar-refractivity contribution in [3.05, 3.63) is 107 Å². The van der Waals surface area contributed by atoms with E-state index in [4.69, 9.17) is 23.7 Å². The first-order valence-electron chi connectivity index (χ1n) is 23.7. The molecule has 3 aliphatic heterocycles. The van der Waals surface area contributed by atoms with Gasteiger partial charge in [-0.2, -0.15) is 0 Å². The van der Waals surface area contributed by atoms with Crippen molar-refractivity contribution >= 4 is 69.3 Å². The van der Waals surface area contributed by atoms with Crippen LogP contribution in [0.25, 0.3) is 10.9 Å². The molecule has 2 bridgehead atoms. The third kappa shape index (κ3) is 10.4. The molecule has 1 unspecified atom stereocenters. The monoisotopic (exact) mass is 957 g/mol. The number of allylic oxidation sites excluding steroid dienone is 2. The third-order valence-corrected chi connectivity index (χ3v) is 13.2. The van der Waals surface area contributed by atoms with Gasteiger partial charge in [-0.05, 0) is 78.8 Å². The lowest BCUT2D eigenvalue weighted by Crippen LogP contribution is -2.54. The number of nitrogens with zero attached hydrogens (tertiary/aromatic N) is 3. The molecule has 366 valence electrons. The number of piperidine rings is 1. The standard InChI is InChI=1S/C51H55N7O12/c59-41-14-13-40(47(61)56-41)58-48(62)37-4-2-5-38(44(37)51(58)65)53-18-20-67-22-24-69-26-28-70-27-25-68-23-21-66-19-17-52-30-34-15-16-54-45-36(34)3-1-6-39(45)55-46(60)31-9-11-35(12-10-31)57-49(63)42-32-7-8-33(29-32)43(42)50(57)64/h1-12,15-16,32-33,40,42-43,52-53H,13-14,17-30H2,(H,55,60)(H,56,59,61)/t32-,33+,40?,42-,43+. The van der Waals surface area contributed by atoms with Crippen molar-refractivity contribution in [2.45, 2.75) is 31.8 Å². The molecule has 4 N–H and O–H groups in total. The van der Waals surface area contributed by atoms with E-state index in [-0.39, 0.29) is 65.4 Å². The van der Waals surface area contributed by atoms with Crippen molar-refractivity contribution in [3.63, 3.8) is 0 Å². The minimum absolute atomic E-state index is 0.0557. The molecule has 5 atom stereocenters. The summed E-state index contributed by atoms with van der Waals surface area (Å²) in [4.78, 5) is 96.8. The van der Waals surface area contributed by atoms with Crippen molar-refractivity contribution in [1.29, 1.82) is 0 Å². The fraction of sp³-hybridized carbons (Fsp3) is 0.412. The van der Waals surface area contributed by atoms with Gasteiger partial charge >= 0.3 is 0 Å². The zero-order chi connectivity index (χ0) is 48.6. The van der Waals surface area contributed by atoms with Gasteiger partial charge in [0.15, 0.2) is 0 Å². The van der Waals surface area contributed by atoms with Crippen molar-refractivity contribution in [2.24, 2.45) is 23.7 Å². The average molecular weight is 958 g/mol. The van der Waals surface area contributed by atoms with Gasteiger partial charge in [0.05, 0.1) is 106 Å². The summed E-state index contributed by atoms with van der Waals surface area (Å²) in [6, 6.07) is 18.0. The number of ether oxygens (including phenoxy) is 5. The second-order valence-corrected chi connectivity index (χ2v) is 17.5. The van der Waals surface area contributed by atoms with E-state index in [2.05, 4.69) is 38.4 Å². The summed E-state index contributed by atoms with van der Waals surface area (Å²) in [5.41, 5.74) is 4.00. The minimum Gasteiger partial charge on any atom is -0.382 e. The van der Waals surface area contributed by atoms with Crippen LogP contribution >= 0.6 is 0 Å². The molecule has 1 aromatic heterocycles. The molecular formula is C51H55N7O12. The van der Waals surface area contributed by atoms with Gasteiger partial charge in [0.25, 0.3) is 17.7 Å². The van der Waals surface area contributed by atoms with Crippen LogP contribution in [0.1, 0.15) is 55.9 Å². The Bertz CT molecular complexity index is 2650. The van der Waals surface area contributed by atoms with E-state index < -0.39 is 29.7 Å². The molecular weight excluding hydrogens is 903 g/mol. The molecule has 4 heterocycles. The number of hydrogen-bond acceptors (Lipinski definition) is 15. The summed E-state index contributed by atoms with van der Waals surface area (Å²) >= 11 is 0. The normalized spacial score (nSPS) is 21.3. The SMILES string of the molecule is O=C1CCC(N2C(=O)c3cccc(NCCOCCOCCOCCOCCOCCNCc4ccnc5c(NC(=O)c6ccc(N7C(=O)[C@@H]8[C@H](C7=O)[C@@H]7C=C[C@H]8C7)cc6)cccc45)c3C2=O)C(=O)N1. The van der Waals surface area contributed by atoms with Gasteiger partial charge in [-0.15, -0.1) is 0 Å².